The molecule has 0 unspecified atom stereocenters. The third kappa shape index (κ3) is 0.665. The SMILES string of the molecule is COc1[c]ncn1C. The molecule has 1 aromatic rings. The standard InChI is InChI=1S/C5H7N2O/c1-7-4-6-3-5(7)8-2/h4H,1-2H3. The van der Waals surface area contributed by atoms with Gasteiger partial charge in [0.05, 0.1) is 13.4 Å². The van der Waals surface area contributed by atoms with Crippen LogP contribution in [0.4, 0.5) is 0 Å². The molecule has 0 saturated carbocycles. The summed E-state index contributed by atoms with van der Waals surface area (Å²) in [7, 11) is 3.44. The average molecular weight is 111 g/mol. The van der Waals surface area contributed by atoms with Crippen LogP contribution in [0.3, 0.4) is 0 Å². The lowest BCUT2D eigenvalue weighted by Crippen LogP contribution is -1.90. The molecule has 0 aliphatic rings. The monoisotopic (exact) mass is 111 g/mol. The number of aryl methyl sites for hydroxylation is 1. The van der Waals surface area contributed by atoms with E-state index in [4.69, 9.17) is 4.74 Å². The fourth-order valence-corrected chi connectivity index (χ4v) is 0.492. The van der Waals surface area contributed by atoms with Crippen molar-refractivity contribution in [3.63, 3.8) is 0 Å². The van der Waals surface area contributed by atoms with Gasteiger partial charge < -0.3 is 9.30 Å². The summed E-state index contributed by atoms with van der Waals surface area (Å²) in [6.45, 7) is 0. The first-order chi connectivity index (χ1) is 3.84. The van der Waals surface area contributed by atoms with Crippen LogP contribution in [0, 0.1) is 6.20 Å². The summed E-state index contributed by atoms with van der Waals surface area (Å²) in [5.41, 5.74) is 0. The Bertz CT molecular complexity index is 171. The van der Waals surface area contributed by atoms with E-state index >= 15 is 0 Å². The predicted octanol–water partition coefficient (Wildman–Crippen LogP) is 0.229. The molecule has 43 valence electrons. The van der Waals surface area contributed by atoms with Crippen molar-refractivity contribution in [2.75, 3.05) is 7.11 Å². The Morgan fingerprint density at radius 3 is 2.88 bits per heavy atom. The number of aromatic nitrogens is 2. The van der Waals surface area contributed by atoms with E-state index in [1.165, 1.54) is 0 Å². The maximum atomic E-state index is 4.83. The maximum Gasteiger partial charge on any atom is 0.223 e. The lowest BCUT2D eigenvalue weighted by atomic mass is 10.8. The predicted molar refractivity (Wildman–Crippen MR) is 28.6 cm³/mol. The molecule has 1 rings (SSSR count). The number of hydrogen-bond acceptors (Lipinski definition) is 2. The van der Waals surface area contributed by atoms with E-state index in [1.54, 1.807) is 18.0 Å². The van der Waals surface area contributed by atoms with Crippen molar-refractivity contribution >= 4 is 0 Å². The van der Waals surface area contributed by atoms with Crippen LogP contribution in [0.5, 0.6) is 5.88 Å². The van der Waals surface area contributed by atoms with E-state index in [1.807, 2.05) is 7.05 Å². The molecule has 0 N–H and O–H groups in total. The summed E-state index contributed by atoms with van der Waals surface area (Å²) >= 11 is 0. The molecule has 0 aliphatic heterocycles. The van der Waals surface area contributed by atoms with Gasteiger partial charge in [-0.3, -0.25) is 0 Å². The molecule has 0 amide bonds. The molecule has 0 saturated heterocycles. The van der Waals surface area contributed by atoms with Crippen molar-refractivity contribution < 1.29 is 4.74 Å². The Morgan fingerprint density at radius 2 is 2.62 bits per heavy atom. The van der Waals surface area contributed by atoms with Gasteiger partial charge in [-0.1, -0.05) is 0 Å². The van der Waals surface area contributed by atoms with Gasteiger partial charge in [0.1, 0.15) is 0 Å². The third-order valence-corrected chi connectivity index (χ3v) is 0.905. The normalized spacial score (nSPS) is 9.25. The van der Waals surface area contributed by atoms with Crippen LogP contribution in [0.1, 0.15) is 0 Å². The van der Waals surface area contributed by atoms with Crippen molar-refractivity contribution in [2.24, 2.45) is 7.05 Å². The molecule has 8 heavy (non-hydrogen) atoms. The van der Waals surface area contributed by atoms with E-state index in [2.05, 4.69) is 11.2 Å². The summed E-state index contributed by atoms with van der Waals surface area (Å²) < 4.78 is 6.58. The number of methoxy groups -OCH3 is 1. The summed E-state index contributed by atoms with van der Waals surface area (Å²) in [6.07, 6.45) is 4.28. The van der Waals surface area contributed by atoms with Crippen molar-refractivity contribution in [1.82, 2.24) is 9.55 Å². The summed E-state index contributed by atoms with van der Waals surface area (Å²) in [6, 6.07) is 0. The van der Waals surface area contributed by atoms with E-state index in [9.17, 15) is 0 Å². The Balaban J connectivity index is 2.92. The van der Waals surface area contributed by atoms with E-state index < -0.39 is 0 Å². The minimum Gasteiger partial charge on any atom is -0.481 e. The fourth-order valence-electron chi connectivity index (χ4n) is 0.492. The van der Waals surface area contributed by atoms with Crippen molar-refractivity contribution in [3.8, 4) is 5.88 Å². The highest BCUT2D eigenvalue weighted by Gasteiger charge is 1.92. The van der Waals surface area contributed by atoms with Gasteiger partial charge in [-0.2, -0.15) is 0 Å². The molecule has 1 radical (unpaired) electrons. The van der Waals surface area contributed by atoms with Crippen molar-refractivity contribution in [2.45, 2.75) is 0 Å². The van der Waals surface area contributed by atoms with E-state index in [0.29, 0.717) is 5.88 Å². The smallest absolute Gasteiger partial charge is 0.223 e. The Hall–Kier alpha value is -0.990. The van der Waals surface area contributed by atoms with Gasteiger partial charge in [-0.15, -0.1) is 0 Å². The zero-order chi connectivity index (χ0) is 5.98. The van der Waals surface area contributed by atoms with Gasteiger partial charge in [0.2, 0.25) is 5.88 Å². The van der Waals surface area contributed by atoms with Crippen LogP contribution < -0.4 is 4.74 Å². The second kappa shape index (κ2) is 1.86. The van der Waals surface area contributed by atoms with Gasteiger partial charge in [0, 0.05) is 7.05 Å². The molecular formula is C5H7N2O. The zero-order valence-electron chi connectivity index (χ0n) is 4.88. The Morgan fingerprint density at radius 1 is 1.88 bits per heavy atom. The second-order valence-corrected chi connectivity index (χ2v) is 1.48. The van der Waals surface area contributed by atoms with E-state index in [-0.39, 0.29) is 0 Å². The molecule has 0 aliphatic carbocycles. The molecule has 0 fully saturated rings. The molecule has 0 bridgehead atoms. The summed E-state index contributed by atoms with van der Waals surface area (Å²) in [5.74, 6) is 0.657. The average Bonchev–Trinajstić information content (AvgIpc) is 2.14. The quantitative estimate of drug-likeness (QED) is 0.518. The fraction of sp³-hybridized carbons (Fsp3) is 0.400. The first-order valence-corrected chi connectivity index (χ1v) is 2.27. The van der Waals surface area contributed by atoms with Crippen molar-refractivity contribution in [3.05, 3.63) is 12.5 Å². The largest absolute Gasteiger partial charge is 0.481 e. The summed E-state index contributed by atoms with van der Waals surface area (Å²) in [5, 5.41) is 0. The highest BCUT2D eigenvalue weighted by Crippen LogP contribution is 2.02. The lowest BCUT2D eigenvalue weighted by molar-refractivity contribution is 0.381. The van der Waals surface area contributed by atoms with Crippen LogP contribution in [-0.4, -0.2) is 16.7 Å². The molecule has 0 atom stereocenters. The van der Waals surface area contributed by atoms with Gasteiger partial charge in [-0.05, 0) is 0 Å². The van der Waals surface area contributed by atoms with Gasteiger partial charge in [-0.25, -0.2) is 4.98 Å². The molecule has 3 heteroatoms. The van der Waals surface area contributed by atoms with Crippen LogP contribution in [0.15, 0.2) is 6.33 Å². The molecule has 0 aromatic carbocycles. The van der Waals surface area contributed by atoms with Gasteiger partial charge in [0.25, 0.3) is 0 Å². The minimum atomic E-state index is 0.657. The molecule has 1 heterocycles. The van der Waals surface area contributed by atoms with Crippen LogP contribution in [0.2, 0.25) is 0 Å². The maximum absolute atomic E-state index is 4.83. The van der Waals surface area contributed by atoms with Gasteiger partial charge >= 0.3 is 0 Å². The van der Waals surface area contributed by atoms with Crippen LogP contribution in [-0.2, 0) is 7.05 Å². The Kier molecular flexibility index (Phi) is 1.20. The van der Waals surface area contributed by atoms with Crippen LogP contribution in [0.25, 0.3) is 0 Å². The van der Waals surface area contributed by atoms with Gasteiger partial charge in [0.15, 0.2) is 6.20 Å². The summed E-state index contributed by atoms with van der Waals surface area (Å²) in [4.78, 5) is 3.71. The topological polar surface area (TPSA) is 27.1 Å². The lowest BCUT2D eigenvalue weighted by Gasteiger charge is -1.95. The number of imidazole rings is 1. The number of rotatable bonds is 1. The molecule has 1 aromatic heterocycles. The number of nitrogens with zero attached hydrogens (tertiary/aromatic N) is 2. The zero-order valence-corrected chi connectivity index (χ0v) is 4.88. The second-order valence-electron chi connectivity index (χ2n) is 1.48. The van der Waals surface area contributed by atoms with Crippen molar-refractivity contribution in [1.29, 1.82) is 0 Å². The number of ether oxygens (including phenoxy) is 1. The van der Waals surface area contributed by atoms with E-state index in [0.717, 1.165) is 0 Å². The minimum absolute atomic E-state index is 0.657. The molecule has 3 nitrogen and oxygen atoms in total. The third-order valence-electron chi connectivity index (χ3n) is 0.905. The highest BCUT2D eigenvalue weighted by molar-refractivity contribution is 5.01. The highest BCUT2D eigenvalue weighted by atomic mass is 16.5. The first-order valence-electron chi connectivity index (χ1n) is 2.27. The molecule has 0 spiro atoms. The van der Waals surface area contributed by atoms with Crippen LogP contribution >= 0.6 is 0 Å². The molecular weight excluding hydrogens is 104 g/mol. The first kappa shape index (κ1) is 5.15. The Labute approximate surface area is 47.9 Å². The number of hydrogen-bond donors (Lipinski definition) is 0.